The highest BCUT2D eigenvalue weighted by Crippen LogP contribution is 2.44. The summed E-state index contributed by atoms with van der Waals surface area (Å²) in [6, 6.07) is 5.03. The Labute approximate surface area is 144 Å². The summed E-state index contributed by atoms with van der Waals surface area (Å²) in [7, 11) is -3.54. The first-order chi connectivity index (χ1) is 11.2. The number of carbonyl (C=O) groups excluding carboxylic acids is 1. The second kappa shape index (κ2) is 5.85. The van der Waals surface area contributed by atoms with Crippen LogP contribution in [0.3, 0.4) is 0 Å². The summed E-state index contributed by atoms with van der Waals surface area (Å²) in [4.78, 5) is 14.6. The first-order valence-electron chi connectivity index (χ1n) is 8.64. The van der Waals surface area contributed by atoms with Gasteiger partial charge in [-0.05, 0) is 49.9 Å². The van der Waals surface area contributed by atoms with Gasteiger partial charge in [0.05, 0.1) is 4.90 Å². The van der Waals surface area contributed by atoms with E-state index >= 15 is 0 Å². The highest BCUT2D eigenvalue weighted by Gasteiger charge is 2.43. The highest BCUT2D eigenvalue weighted by atomic mass is 32.2. The zero-order valence-corrected chi connectivity index (χ0v) is 15.6. The highest BCUT2D eigenvalue weighted by molar-refractivity contribution is 7.89. The lowest BCUT2D eigenvalue weighted by Crippen LogP contribution is -2.34. The number of anilines is 1. The fourth-order valence-electron chi connectivity index (χ4n) is 3.19. The predicted molar refractivity (Wildman–Crippen MR) is 94.6 cm³/mol. The quantitative estimate of drug-likeness (QED) is 0.888. The van der Waals surface area contributed by atoms with Gasteiger partial charge < -0.3 is 4.90 Å². The molecule has 0 unspecified atom stereocenters. The summed E-state index contributed by atoms with van der Waals surface area (Å²) in [6.45, 7) is 8.53. The van der Waals surface area contributed by atoms with Gasteiger partial charge >= 0.3 is 0 Å². The number of carbonyl (C=O) groups is 1. The SMILES string of the molecule is CC[C@H](C)NS(=O)(=O)c1ccc2c(c1)C(C)(C)CN2C(=O)C1CC1. The van der Waals surface area contributed by atoms with Crippen LogP contribution in [0.25, 0.3) is 0 Å². The van der Waals surface area contributed by atoms with Crippen LogP contribution in [0.1, 0.15) is 52.5 Å². The summed E-state index contributed by atoms with van der Waals surface area (Å²) in [6.07, 6.45) is 2.67. The van der Waals surface area contributed by atoms with E-state index in [1.54, 1.807) is 18.2 Å². The molecule has 1 amide bonds. The van der Waals surface area contributed by atoms with Crippen molar-refractivity contribution < 1.29 is 13.2 Å². The normalized spacial score (nSPS) is 20.8. The summed E-state index contributed by atoms with van der Waals surface area (Å²) in [5.41, 5.74) is 1.55. The third-order valence-electron chi connectivity index (χ3n) is 5.01. The number of hydrogen-bond acceptors (Lipinski definition) is 3. The minimum absolute atomic E-state index is 0.107. The molecule has 0 aromatic heterocycles. The minimum Gasteiger partial charge on any atom is -0.311 e. The van der Waals surface area contributed by atoms with Crippen LogP contribution >= 0.6 is 0 Å². The number of hydrogen-bond donors (Lipinski definition) is 1. The van der Waals surface area contributed by atoms with Crippen molar-refractivity contribution in [2.75, 3.05) is 11.4 Å². The molecule has 1 heterocycles. The lowest BCUT2D eigenvalue weighted by Gasteiger charge is -2.20. The van der Waals surface area contributed by atoms with Crippen LogP contribution in [0.4, 0.5) is 5.69 Å². The van der Waals surface area contributed by atoms with E-state index in [0.717, 1.165) is 30.5 Å². The Hall–Kier alpha value is -1.40. The van der Waals surface area contributed by atoms with Gasteiger partial charge in [0.15, 0.2) is 0 Å². The van der Waals surface area contributed by atoms with E-state index in [1.807, 2.05) is 18.7 Å². The minimum atomic E-state index is -3.54. The lowest BCUT2D eigenvalue weighted by atomic mass is 9.87. The number of nitrogens with one attached hydrogen (secondary N) is 1. The van der Waals surface area contributed by atoms with E-state index in [2.05, 4.69) is 18.6 Å². The van der Waals surface area contributed by atoms with E-state index in [0.29, 0.717) is 6.54 Å². The molecule has 1 N–H and O–H groups in total. The van der Waals surface area contributed by atoms with Crippen molar-refractivity contribution in [1.82, 2.24) is 4.72 Å². The topological polar surface area (TPSA) is 66.5 Å². The molecule has 0 bridgehead atoms. The first kappa shape index (κ1) is 17.4. The lowest BCUT2D eigenvalue weighted by molar-refractivity contribution is -0.119. The number of sulfonamides is 1. The second-order valence-electron chi connectivity index (χ2n) is 7.69. The average Bonchev–Trinajstić information content (AvgIpc) is 3.32. The largest absolute Gasteiger partial charge is 0.311 e. The van der Waals surface area contributed by atoms with Crippen LogP contribution in [0, 0.1) is 5.92 Å². The molecule has 1 saturated carbocycles. The Bertz CT molecular complexity index is 766. The summed E-state index contributed by atoms with van der Waals surface area (Å²) in [5, 5.41) is 0. The molecule has 3 rings (SSSR count). The van der Waals surface area contributed by atoms with E-state index in [1.165, 1.54) is 0 Å². The standard InChI is InChI=1S/C18H26N2O3S/c1-5-12(2)19-24(22,23)14-8-9-16-15(10-14)18(3,4)11-20(16)17(21)13-6-7-13/h8-10,12-13,19H,5-7,11H2,1-4H3/t12-/m0/s1. The molecule has 0 spiro atoms. The molecule has 1 atom stereocenters. The molecule has 1 aromatic carbocycles. The van der Waals surface area contributed by atoms with E-state index in [4.69, 9.17) is 0 Å². The molecule has 24 heavy (non-hydrogen) atoms. The third kappa shape index (κ3) is 3.09. The summed E-state index contributed by atoms with van der Waals surface area (Å²) >= 11 is 0. The van der Waals surface area contributed by atoms with Crippen molar-refractivity contribution >= 4 is 21.6 Å². The van der Waals surface area contributed by atoms with Gasteiger partial charge in [-0.15, -0.1) is 0 Å². The molecular weight excluding hydrogens is 324 g/mol. The van der Waals surface area contributed by atoms with Gasteiger partial charge in [0, 0.05) is 29.6 Å². The molecule has 0 radical (unpaired) electrons. The van der Waals surface area contributed by atoms with Crippen molar-refractivity contribution in [2.45, 2.75) is 63.3 Å². The van der Waals surface area contributed by atoms with Crippen molar-refractivity contribution in [3.8, 4) is 0 Å². The molecule has 6 heteroatoms. The summed E-state index contributed by atoms with van der Waals surface area (Å²) in [5.74, 6) is 0.331. The first-order valence-corrected chi connectivity index (χ1v) is 10.1. The third-order valence-corrected chi connectivity index (χ3v) is 6.60. The van der Waals surface area contributed by atoms with E-state index < -0.39 is 10.0 Å². The Balaban J connectivity index is 1.97. The van der Waals surface area contributed by atoms with Gasteiger partial charge in [-0.3, -0.25) is 4.79 Å². The maximum absolute atomic E-state index is 12.6. The van der Waals surface area contributed by atoms with Gasteiger partial charge in [-0.1, -0.05) is 20.8 Å². The molecule has 132 valence electrons. The Morgan fingerprint density at radius 1 is 1.38 bits per heavy atom. The number of amides is 1. The zero-order chi connectivity index (χ0) is 17.7. The molecule has 0 saturated heterocycles. The maximum atomic E-state index is 12.6. The maximum Gasteiger partial charge on any atom is 0.240 e. The van der Waals surface area contributed by atoms with E-state index in [9.17, 15) is 13.2 Å². The number of benzene rings is 1. The van der Waals surface area contributed by atoms with Crippen molar-refractivity contribution in [1.29, 1.82) is 0 Å². The van der Waals surface area contributed by atoms with Gasteiger partial charge in [0.25, 0.3) is 0 Å². The smallest absolute Gasteiger partial charge is 0.240 e. The van der Waals surface area contributed by atoms with Crippen molar-refractivity contribution in [3.05, 3.63) is 23.8 Å². The number of nitrogens with zero attached hydrogens (tertiary/aromatic N) is 1. The van der Waals surface area contributed by atoms with Crippen LogP contribution in [-0.4, -0.2) is 26.9 Å². The zero-order valence-electron chi connectivity index (χ0n) is 14.8. The molecule has 2 aliphatic rings. The van der Waals surface area contributed by atoms with Crippen molar-refractivity contribution in [2.24, 2.45) is 5.92 Å². The molecule has 1 aromatic rings. The average molecular weight is 350 g/mol. The van der Waals surface area contributed by atoms with Gasteiger partial charge in [0.2, 0.25) is 15.9 Å². The van der Waals surface area contributed by atoms with Gasteiger partial charge in [-0.2, -0.15) is 0 Å². The van der Waals surface area contributed by atoms with Gasteiger partial charge in [-0.25, -0.2) is 13.1 Å². The van der Waals surface area contributed by atoms with Crippen LogP contribution in [-0.2, 0) is 20.2 Å². The molecule has 1 fully saturated rings. The Kier molecular flexibility index (Phi) is 4.24. The number of rotatable bonds is 5. The predicted octanol–water partition coefficient (Wildman–Crippen LogP) is 2.80. The summed E-state index contributed by atoms with van der Waals surface area (Å²) < 4.78 is 27.8. The number of fused-ring (bicyclic) bond motifs is 1. The second-order valence-corrected chi connectivity index (χ2v) is 9.41. The van der Waals surface area contributed by atoms with Gasteiger partial charge in [0.1, 0.15) is 0 Å². The van der Waals surface area contributed by atoms with Crippen LogP contribution in [0.15, 0.2) is 23.1 Å². The Morgan fingerprint density at radius 2 is 2.04 bits per heavy atom. The molecule has 1 aliphatic heterocycles. The monoisotopic (exact) mass is 350 g/mol. The van der Waals surface area contributed by atoms with Crippen molar-refractivity contribution in [3.63, 3.8) is 0 Å². The molecule has 5 nitrogen and oxygen atoms in total. The van der Waals surface area contributed by atoms with Crippen LogP contribution in [0.2, 0.25) is 0 Å². The Morgan fingerprint density at radius 3 is 2.62 bits per heavy atom. The molecule has 1 aliphatic carbocycles. The molecular formula is C18H26N2O3S. The van der Waals surface area contributed by atoms with Crippen LogP contribution < -0.4 is 9.62 Å². The van der Waals surface area contributed by atoms with E-state index in [-0.39, 0.29) is 28.2 Å². The van der Waals surface area contributed by atoms with Crippen LogP contribution in [0.5, 0.6) is 0 Å². The fourth-order valence-corrected chi connectivity index (χ4v) is 4.54. The fraction of sp³-hybridized carbons (Fsp3) is 0.611.